The molecule has 0 radical (unpaired) electrons. The molecule has 0 fully saturated rings. The van der Waals surface area contributed by atoms with E-state index >= 15 is 0 Å². The summed E-state index contributed by atoms with van der Waals surface area (Å²) in [5, 5.41) is 4.30. The Kier molecular flexibility index (Phi) is 4.80. The minimum absolute atomic E-state index is 0.156. The van der Waals surface area contributed by atoms with E-state index < -0.39 is 11.0 Å². The highest BCUT2D eigenvalue weighted by molar-refractivity contribution is 14.1. The molecule has 0 atom stereocenters. The molecule has 102 valence electrons. The number of hydrogen-bond acceptors (Lipinski definition) is 3. The maximum absolute atomic E-state index is 12.1. The molecule has 1 rings (SSSR count). The molecular formula is C13H21IN2O2. The van der Waals surface area contributed by atoms with Crippen molar-refractivity contribution in [1.29, 1.82) is 0 Å². The van der Waals surface area contributed by atoms with Crippen molar-refractivity contribution in [2.75, 3.05) is 0 Å². The number of hydrogen-bond donors (Lipinski definition) is 0. The van der Waals surface area contributed by atoms with Crippen molar-refractivity contribution in [3.8, 4) is 0 Å². The van der Waals surface area contributed by atoms with Crippen LogP contribution in [0.5, 0.6) is 0 Å². The van der Waals surface area contributed by atoms with Gasteiger partial charge < -0.3 is 4.74 Å². The number of esters is 1. The lowest BCUT2D eigenvalue weighted by atomic mass is 9.89. The third-order valence-electron chi connectivity index (χ3n) is 2.53. The van der Waals surface area contributed by atoms with Crippen molar-refractivity contribution in [3.63, 3.8) is 0 Å². The van der Waals surface area contributed by atoms with Crippen LogP contribution < -0.4 is 0 Å². The first-order valence-corrected chi connectivity index (χ1v) is 7.10. The molecule has 0 aliphatic rings. The number of nitrogens with zero attached hydrogens (tertiary/aromatic N) is 2. The number of carbonyl (C=O) groups is 1. The lowest BCUT2D eigenvalue weighted by Gasteiger charge is -2.28. The molecule has 5 heteroatoms. The highest BCUT2D eigenvalue weighted by atomic mass is 127. The predicted molar refractivity (Wildman–Crippen MR) is 79.2 cm³/mol. The third-order valence-corrected chi connectivity index (χ3v) is 3.10. The number of rotatable bonds is 4. The second kappa shape index (κ2) is 5.59. The second-order valence-corrected chi connectivity index (χ2v) is 7.14. The van der Waals surface area contributed by atoms with E-state index in [4.69, 9.17) is 4.74 Å². The number of aryl methyl sites for hydroxylation is 1. The molecule has 0 aromatic carbocycles. The molecule has 4 nitrogen and oxygen atoms in total. The van der Waals surface area contributed by atoms with Crippen LogP contribution in [0.2, 0.25) is 0 Å². The summed E-state index contributed by atoms with van der Waals surface area (Å²) in [6.07, 6.45) is 2.63. The van der Waals surface area contributed by atoms with Crippen LogP contribution in [0.1, 0.15) is 41.0 Å². The summed E-state index contributed by atoms with van der Waals surface area (Å²) >= 11 is 2.17. The minimum Gasteiger partial charge on any atom is -0.460 e. The monoisotopic (exact) mass is 364 g/mol. The third kappa shape index (κ3) is 4.96. The summed E-state index contributed by atoms with van der Waals surface area (Å²) in [6, 6.07) is 1.95. The van der Waals surface area contributed by atoms with Gasteiger partial charge in [0, 0.05) is 12.7 Å². The standard InChI is InChI=1S/C13H21IN2O2/c1-12(2,3)18-11(17)13(4,5)7-9-16-8-6-10(14)15-16/h6,8H,7,9H2,1-5H3. The van der Waals surface area contributed by atoms with Gasteiger partial charge in [-0.3, -0.25) is 9.48 Å². The van der Waals surface area contributed by atoms with Crippen LogP contribution in [-0.4, -0.2) is 21.4 Å². The van der Waals surface area contributed by atoms with Gasteiger partial charge in [0.2, 0.25) is 0 Å². The maximum Gasteiger partial charge on any atom is 0.312 e. The van der Waals surface area contributed by atoms with Crippen molar-refractivity contribution in [3.05, 3.63) is 16.0 Å². The van der Waals surface area contributed by atoms with Crippen LogP contribution in [0.3, 0.4) is 0 Å². The zero-order chi connectivity index (χ0) is 14.0. The van der Waals surface area contributed by atoms with Gasteiger partial charge in [0.25, 0.3) is 0 Å². The van der Waals surface area contributed by atoms with E-state index in [0.29, 0.717) is 6.42 Å². The van der Waals surface area contributed by atoms with Crippen molar-refractivity contribution in [2.45, 2.75) is 53.2 Å². The van der Waals surface area contributed by atoms with Crippen LogP contribution in [0.4, 0.5) is 0 Å². The summed E-state index contributed by atoms with van der Waals surface area (Å²) in [5.41, 5.74) is -0.930. The van der Waals surface area contributed by atoms with Crippen LogP contribution in [0.15, 0.2) is 12.3 Å². The first-order valence-electron chi connectivity index (χ1n) is 6.02. The molecule has 0 aliphatic carbocycles. The highest BCUT2D eigenvalue weighted by Crippen LogP contribution is 2.25. The average molecular weight is 364 g/mol. The molecule has 0 amide bonds. The van der Waals surface area contributed by atoms with E-state index in [-0.39, 0.29) is 5.97 Å². The number of aromatic nitrogens is 2. The van der Waals surface area contributed by atoms with Crippen LogP contribution in [0.25, 0.3) is 0 Å². The van der Waals surface area contributed by atoms with Crippen molar-refractivity contribution in [1.82, 2.24) is 9.78 Å². The fraction of sp³-hybridized carbons (Fsp3) is 0.692. The summed E-state index contributed by atoms with van der Waals surface area (Å²) in [6.45, 7) is 10.2. The lowest BCUT2D eigenvalue weighted by molar-refractivity contribution is -0.166. The largest absolute Gasteiger partial charge is 0.460 e. The molecule has 1 heterocycles. The molecule has 18 heavy (non-hydrogen) atoms. The minimum atomic E-state index is -0.495. The van der Waals surface area contributed by atoms with Crippen LogP contribution in [-0.2, 0) is 16.1 Å². The molecular weight excluding hydrogens is 343 g/mol. The zero-order valence-corrected chi connectivity index (χ0v) is 13.8. The molecule has 0 aliphatic heterocycles. The summed E-state index contributed by atoms with van der Waals surface area (Å²) in [5.74, 6) is -0.156. The van der Waals surface area contributed by atoms with Gasteiger partial charge in [-0.25, -0.2) is 0 Å². The maximum atomic E-state index is 12.1. The Hall–Kier alpha value is -0.590. The number of halogens is 1. The first kappa shape index (κ1) is 15.5. The SMILES string of the molecule is CC(C)(C)OC(=O)C(C)(C)CCn1ccc(I)n1. The number of ether oxygens (including phenoxy) is 1. The summed E-state index contributed by atoms with van der Waals surface area (Å²) in [4.78, 5) is 12.1. The van der Waals surface area contributed by atoms with E-state index in [1.54, 1.807) is 0 Å². The lowest BCUT2D eigenvalue weighted by Crippen LogP contribution is -2.34. The Labute approximate surface area is 122 Å². The quantitative estimate of drug-likeness (QED) is 0.609. The molecule has 0 saturated heterocycles. The molecule has 1 aromatic heterocycles. The van der Waals surface area contributed by atoms with Gasteiger partial charge in [-0.1, -0.05) is 0 Å². The molecule has 0 spiro atoms. The van der Waals surface area contributed by atoms with Crippen molar-refractivity contribution >= 4 is 28.6 Å². The molecule has 0 saturated carbocycles. The smallest absolute Gasteiger partial charge is 0.312 e. The van der Waals surface area contributed by atoms with E-state index in [1.807, 2.05) is 51.6 Å². The molecule has 0 N–H and O–H groups in total. The Morgan fingerprint density at radius 3 is 2.44 bits per heavy atom. The van der Waals surface area contributed by atoms with Gasteiger partial charge in [0.1, 0.15) is 9.30 Å². The summed E-state index contributed by atoms with van der Waals surface area (Å²) < 4.78 is 8.24. The summed E-state index contributed by atoms with van der Waals surface area (Å²) in [7, 11) is 0. The van der Waals surface area contributed by atoms with Gasteiger partial charge in [-0.05, 0) is 69.7 Å². The van der Waals surface area contributed by atoms with Crippen LogP contribution in [0, 0.1) is 9.12 Å². The fourth-order valence-corrected chi connectivity index (χ4v) is 1.81. The second-order valence-electron chi connectivity index (χ2n) is 6.04. The zero-order valence-electron chi connectivity index (χ0n) is 11.7. The Balaban J connectivity index is 2.56. The van der Waals surface area contributed by atoms with E-state index in [2.05, 4.69) is 27.7 Å². The van der Waals surface area contributed by atoms with E-state index in [9.17, 15) is 4.79 Å². The van der Waals surface area contributed by atoms with Gasteiger partial charge in [-0.2, -0.15) is 5.10 Å². The molecule has 0 bridgehead atoms. The number of carbonyl (C=O) groups excluding carboxylic acids is 1. The topological polar surface area (TPSA) is 44.1 Å². The van der Waals surface area contributed by atoms with E-state index in [0.717, 1.165) is 10.2 Å². The van der Waals surface area contributed by atoms with Crippen molar-refractivity contribution in [2.24, 2.45) is 5.41 Å². The normalized spacial score (nSPS) is 12.6. The predicted octanol–water partition coefficient (Wildman–Crippen LogP) is 3.25. The van der Waals surface area contributed by atoms with Gasteiger partial charge >= 0.3 is 5.97 Å². The van der Waals surface area contributed by atoms with E-state index in [1.165, 1.54) is 0 Å². The average Bonchev–Trinajstić information content (AvgIpc) is 2.59. The van der Waals surface area contributed by atoms with Gasteiger partial charge in [-0.15, -0.1) is 0 Å². The molecule has 1 aromatic rings. The van der Waals surface area contributed by atoms with Crippen molar-refractivity contribution < 1.29 is 9.53 Å². The van der Waals surface area contributed by atoms with Gasteiger partial charge in [0.15, 0.2) is 0 Å². The fourth-order valence-electron chi connectivity index (χ4n) is 1.37. The molecule has 0 unspecified atom stereocenters. The Morgan fingerprint density at radius 2 is 2.00 bits per heavy atom. The van der Waals surface area contributed by atoms with Crippen LogP contribution >= 0.6 is 22.6 Å². The Bertz CT molecular complexity index is 419. The van der Waals surface area contributed by atoms with Gasteiger partial charge in [0.05, 0.1) is 5.41 Å². The Morgan fingerprint density at radius 1 is 1.39 bits per heavy atom. The first-order chi connectivity index (χ1) is 8.10. The highest BCUT2D eigenvalue weighted by Gasteiger charge is 2.32.